The summed E-state index contributed by atoms with van der Waals surface area (Å²) >= 11 is 0. The molecule has 0 bridgehead atoms. The molecule has 1 aromatic rings. The first-order valence-corrected chi connectivity index (χ1v) is 11.3. The lowest BCUT2D eigenvalue weighted by atomic mass is 9.70. The van der Waals surface area contributed by atoms with Gasteiger partial charge in [-0.15, -0.1) is 0 Å². The highest BCUT2D eigenvalue weighted by molar-refractivity contribution is 5.87. The molecule has 4 aliphatic rings. The fraction of sp³-hybridized carbons (Fsp3) is 0.667. The van der Waals surface area contributed by atoms with Crippen LogP contribution >= 0.6 is 0 Å². The zero-order valence-electron chi connectivity index (χ0n) is 18.2. The molecule has 6 heteroatoms. The van der Waals surface area contributed by atoms with Gasteiger partial charge in [-0.1, -0.05) is 18.2 Å². The molecule has 0 N–H and O–H groups in total. The molecule has 0 aliphatic carbocycles. The van der Waals surface area contributed by atoms with E-state index < -0.39 is 0 Å². The summed E-state index contributed by atoms with van der Waals surface area (Å²) in [6.07, 6.45) is 3.76. The summed E-state index contributed by atoms with van der Waals surface area (Å²) in [6.45, 7) is 7.99. The van der Waals surface area contributed by atoms with Gasteiger partial charge in [-0.05, 0) is 45.6 Å². The number of nitrogens with zero attached hydrogens (tertiary/aromatic N) is 2. The Bertz CT molecular complexity index is 853. The largest absolute Gasteiger partial charge is 0.487 e. The van der Waals surface area contributed by atoms with Crippen LogP contribution in [0.3, 0.4) is 0 Å². The fourth-order valence-electron chi connectivity index (χ4n) is 6.07. The lowest BCUT2D eigenvalue weighted by Crippen LogP contribution is -2.57. The third-order valence-electron chi connectivity index (χ3n) is 7.65. The number of piperidine rings is 1. The molecule has 5 atom stereocenters. The Morgan fingerprint density at radius 3 is 2.73 bits per heavy atom. The zero-order valence-corrected chi connectivity index (χ0v) is 18.2. The van der Waals surface area contributed by atoms with E-state index in [2.05, 4.69) is 26.0 Å². The minimum Gasteiger partial charge on any atom is -0.487 e. The van der Waals surface area contributed by atoms with Crippen LogP contribution in [0.5, 0.6) is 5.75 Å². The van der Waals surface area contributed by atoms with Gasteiger partial charge in [-0.3, -0.25) is 9.59 Å². The number of benzene rings is 1. The van der Waals surface area contributed by atoms with Crippen LogP contribution in [-0.2, 0) is 14.3 Å². The Labute approximate surface area is 178 Å². The second-order valence-electron chi connectivity index (χ2n) is 9.88. The van der Waals surface area contributed by atoms with Crippen LogP contribution in [0.15, 0.2) is 24.3 Å². The molecule has 0 saturated carbocycles. The Balaban J connectivity index is 1.33. The van der Waals surface area contributed by atoms with Gasteiger partial charge in [0.25, 0.3) is 0 Å². The number of carbonyl (C=O) groups is 2. The van der Waals surface area contributed by atoms with Gasteiger partial charge in [0.05, 0.1) is 12.2 Å². The smallest absolute Gasteiger partial charge is 0.245 e. The first-order valence-electron chi connectivity index (χ1n) is 11.3. The van der Waals surface area contributed by atoms with Gasteiger partial charge >= 0.3 is 0 Å². The van der Waals surface area contributed by atoms with E-state index in [9.17, 15) is 9.59 Å². The molecule has 6 nitrogen and oxygen atoms in total. The number of hydrogen-bond acceptors (Lipinski definition) is 4. The van der Waals surface area contributed by atoms with Crippen molar-refractivity contribution in [3.63, 3.8) is 0 Å². The lowest BCUT2D eigenvalue weighted by Gasteiger charge is -2.53. The molecule has 30 heavy (non-hydrogen) atoms. The molecule has 4 aliphatic heterocycles. The van der Waals surface area contributed by atoms with Crippen molar-refractivity contribution in [2.75, 3.05) is 19.6 Å². The predicted molar refractivity (Wildman–Crippen MR) is 112 cm³/mol. The normalized spacial score (nSPS) is 34.4. The van der Waals surface area contributed by atoms with Crippen molar-refractivity contribution in [2.24, 2.45) is 11.8 Å². The molecule has 0 radical (unpaired) electrons. The summed E-state index contributed by atoms with van der Waals surface area (Å²) in [4.78, 5) is 28.9. The lowest BCUT2D eigenvalue weighted by molar-refractivity contribution is -0.189. The van der Waals surface area contributed by atoms with Crippen molar-refractivity contribution >= 4 is 11.8 Å². The number of fused-ring (bicyclic) bond motifs is 4. The molecule has 0 unspecified atom stereocenters. The Hall–Kier alpha value is -2.08. The van der Waals surface area contributed by atoms with Gasteiger partial charge in [0, 0.05) is 44.0 Å². The molecule has 3 fully saturated rings. The van der Waals surface area contributed by atoms with Gasteiger partial charge < -0.3 is 19.3 Å². The van der Waals surface area contributed by atoms with Crippen LogP contribution in [0.2, 0.25) is 0 Å². The van der Waals surface area contributed by atoms with E-state index in [1.807, 2.05) is 17.0 Å². The topological polar surface area (TPSA) is 59.1 Å². The van der Waals surface area contributed by atoms with Crippen LogP contribution in [0, 0.1) is 11.8 Å². The van der Waals surface area contributed by atoms with Crippen molar-refractivity contribution in [2.45, 2.75) is 70.3 Å². The summed E-state index contributed by atoms with van der Waals surface area (Å²) in [5, 5.41) is 0. The minimum atomic E-state index is -0.312. The molecule has 0 aromatic heterocycles. The Kier molecular flexibility index (Phi) is 4.80. The van der Waals surface area contributed by atoms with Crippen molar-refractivity contribution in [1.29, 1.82) is 0 Å². The number of carbonyl (C=O) groups excluding carboxylic acids is 2. The molecular formula is C24H32N2O4. The monoisotopic (exact) mass is 412 g/mol. The van der Waals surface area contributed by atoms with Crippen molar-refractivity contribution in [3.05, 3.63) is 29.8 Å². The van der Waals surface area contributed by atoms with Crippen LogP contribution < -0.4 is 4.74 Å². The second kappa shape index (κ2) is 7.26. The third-order valence-corrected chi connectivity index (χ3v) is 7.65. The molecule has 0 spiro atoms. The Morgan fingerprint density at radius 1 is 1.13 bits per heavy atom. The summed E-state index contributed by atoms with van der Waals surface area (Å²) in [7, 11) is 0. The van der Waals surface area contributed by atoms with Crippen LogP contribution in [0.1, 0.15) is 58.1 Å². The molecular weight excluding hydrogens is 380 g/mol. The van der Waals surface area contributed by atoms with Crippen molar-refractivity contribution < 1.29 is 19.1 Å². The molecule has 2 amide bonds. The van der Waals surface area contributed by atoms with Crippen molar-refractivity contribution in [1.82, 2.24) is 9.80 Å². The fourth-order valence-corrected chi connectivity index (χ4v) is 6.07. The molecule has 1 aromatic carbocycles. The molecule has 5 rings (SSSR count). The predicted octanol–water partition coefficient (Wildman–Crippen LogP) is 3.16. The quantitative estimate of drug-likeness (QED) is 0.711. The summed E-state index contributed by atoms with van der Waals surface area (Å²) < 4.78 is 13.0. The van der Waals surface area contributed by atoms with Crippen molar-refractivity contribution in [3.8, 4) is 5.75 Å². The maximum Gasteiger partial charge on any atom is 0.245 e. The number of amides is 2. The molecule has 3 saturated heterocycles. The van der Waals surface area contributed by atoms with Gasteiger partial charge in [0.15, 0.2) is 0 Å². The number of rotatable bonds is 1. The maximum absolute atomic E-state index is 13.2. The zero-order chi connectivity index (χ0) is 21.0. The van der Waals surface area contributed by atoms with Gasteiger partial charge in [0.1, 0.15) is 17.4 Å². The van der Waals surface area contributed by atoms with E-state index in [4.69, 9.17) is 9.47 Å². The van der Waals surface area contributed by atoms with Gasteiger partial charge in [-0.2, -0.15) is 0 Å². The highest BCUT2D eigenvalue weighted by Gasteiger charge is 2.52. The number of ether oxygens (including phenoxy) is 2. The Morgan fingerprint density at radius 2 is 1.93 bits per heavy atom. The highest BCUT2D eigenvalue weighted by Crippen LogP contribution is 2.52. The standard InChI is InChI=1S/C24H32N2O4/c1-15(27)26-11-6-8-19(26)23(28)25-12-10-20-16(14-25)13-18-22(29-20)17-7-4-5-9-21(17)30-24(18,2)3/h4-5,7,9,16,18-20,22H,6,8,10-14H2,1-3H3/t16-,18+,19-,20+,22-/m0/s1. The van der Waals surface area contributed by atoms with Gasteiger partial charge in [0.2, 0.25) is 11.8 Å². The third kappa shape index (κ3) is 3.20. The average molecular weight is 413 g/mol. The summed E-state index contributed by atoms with van der Waals surface area (Å²) in [6, 6.07) is 7.94. The summed E-state index contributed by atoms with van der Waals surface area (Å²) in [5.41, 5.74) is 0.842. The SMILES string of the molecule is CC(=O)N1CCC[C@H]1C(=O)N1CC[C@H]2O[C@H]3c4ccccc4OC(C)(C)[C@@H]3C[C@H]2C1. The van der Waals surface area contributed by atoms with Crippen LogP contribution in [0.25, 0.3) is 0 Å². The van der Waals surface area contributed by atoms with Crippen LogP contribution in [0.4, 0.5) is 0 Å². The molecule has 4 heterocycles. The van der Waals surface area contributed by atoms with E-state index in [1.165, 1.54) is 0 Å². The van der Waals surface area contributed by atoms with E-state index in [1.54, 1.807) is 11.8 Å². The van der Waals surface area contributed by atoms with E-state index in [-0.39, 0.29) is 41.6 Å². The first kappa shape index (κ1) is 19.9. The van der Waals surface area contributed by atoms with Crippen LogP contribution in [-0.4, -0.2) is 59.0 Å². The second-order valence-corrected chi connectivity index (χ2v) is 9.88. The van der Waals surface area contributed by atoms with E-state index in [0.717, 1.165) is 37.0 Å². The highest BCUT2D eigenvalue weighted by atomic mass is 16.5. The minimum absolute atomic E-state index is 0.00402. The van der Waals surface area contributed by atoms with E-state index in [0.29, 0.717) is 25.6 Å². The summed E-state index contributed by atoms with van der Waals surface area (Å²) in [5.74, 6) is 1.62. The average Bonchev–Trinajstić information content (AvgIpc) is 3.22. The van der Waals surface area contributed by atoms with E-state index >= 15 is 0 Å². The number of para-hydroxylation sites is 1. The maximum atomic E-state index is 13.2. The first-order chi connectivity index (χ1) is 14.3. The number of hydrogen-bond donors (Lipinski definition) is 0. The molecule has 162 valence electrons. The number of likely N-dealkylation sites (tertiary alicyclic amines) is 2. The van der Waals surface area contributed by atoms with Gasteiger partial charge in [-0.25, -0.2) is 0 Å².